The Hall–Kier alpha value is -1.78. The fourth-order valence-corrected chi connectivity index (χ4v) is 2.97. The molecule has 0 saturated heterocycles. The highest BCUT2D eigenvalue weighted by molar-refractivity contribution is 14.1. The minimum Gasteiger partial charge on any atom is -0.445 e. The lowest BCUT2D eigenvalue weighted by Gasteiger charge is -2.21. The SMILES string of the molecule is O=C(OC(/C(I)=C/C(F)(F)F)c1cccc2ccccc12)C(F)(F)F. The van der Waals surface area contributed by atoms with Crippen LogP contribution in [0.15, 0.2) is 52.1 Å². The van der Waals surface area contributed by atoms with Crippen molar-refractivity contribution < 1.29 is 35.9 Å². The van der Waals surface area contributed by atoms with Crippen molar-refractivity contribution in [2.24, 2.45) is 0 Å². The summed E-state index contributed by atoms with van der Waals surface area (Å²) in [6.07, 6.45) is -12.1. The van der Waals surface area contributed by atoms with E-state index < -0.39 is 28.0 Å². The molecule has 2 aromatic rings. The molecule has 1 unspecified atom stereocenters. The predicted molar refractivity (Wildman–Crippen MR) is 87.0 cm³/mol. The van der Waals surface area contributed by atoms with Crippen molar-refractivity contribution in [3.63, 3.8) is 0 Å². The van der Waals surface area contributed by atoms with E-state index >= 15 is 0 Å². The molecule has 0 aliphatic carbocycles. The number of hydrogen-bond acceptors (Lipinski definition) is 2. The molecule has 2 nitrogen and oxygen atoms in total. The maximum Gasteiger partial charge on any atom is 0.490 e. The Balaban J connectivity index is 2.58. The van der Waals surface area contributed by atoms with Crippen molar-refractivity contribution in [3.8, 4) is 0 Å². The zero-order valence-corrected chi connectivity index (χ0v) is 14.3. The molecule has 9 heteroatoms. The lowest BCUT2D eigenvalue weighted by Crippen LogP contribution is -2.27. The van der Waals surface area contributed by atoms with Gasteiger partial charge >= 0.3 is 18.3 Å². The van der Waals surface area contributed by atoms with E-state index in [1.54, 1.807) is 24.3 Å². The summed E-state index contributed by atoms with van der Waals surface area (Å²) in [5.74, 6) is -2.56. The molecular formula is C16H9F6IO2. The Morgan fingerprint density at radius 1 is 1.00 bits per heavy atom. The largest absolute Gasteiger partial charge is 0.490 e. The first-order chi connectivity index (χ1) is 11.5. The van der Waals surface area contributed by atoms with E-state index in [1.807, 2.05) is 0 Å². The first-order valence-electron chi connectivity index (χ1n) is 6.69. The fraction of sp³-hybridized carbons (Fsp3) is 0.188. The fourth-order valence-electron chi connectivity index (χ4n) is 2.15. The van der Waals surface area contributed by atoms with Crippen molar-refractivity contribution in [1.82, 2.24) is 0 Å². The normalized spacial score (nSPS) is 14.4. The molecule has 0 aliphatic rings. The lowest BCUT2D eigenvalue weighted by molar-refractivity contribution is -0.203. The quantitative estimate of drug-likeness (QED) is 0.316. The van der Waals surface area contributed by atoms with Gasteiger partial charge in [-0.2, -0.15) is 26.3 Å². The Kier molecular flexibility index (Phi) is 5.65. The highest BCUT2D eigenvalue weighted by atomic mass is 127. The van der Waals surface area contributed by atoms with Crippen LogP contribution in [-0.2, 0) is 9.53 Å². The van der Waals surface area contributed by atoms with Crippen LogP contribution in [0.2, 0.25) is 0 Å². The molecule has 0 heterocycles. The summed E-state index contributed by atoms with van der Waals surface area (Å²) in [7, 11) is 0. The summed E-state index contributed by atoms with van der Waals surface area (Å²) in [6, 6.07) is 10.8. The molecule has 0 spiro atoms. The summed E-state index contributed by atoms with van der Waals surface area (Å²) >= 11 is 1.22. The first kappa shape index (κ1) is 19.5. The van der Waals surface area contributed by atoms with Gasteiger partial charge in [-0.25, -0.2) is 4.79 Å². The van der Waals surface area contributed by atoms with Crippen molar-refractivity contribution in [2.75, 3.05) is 0 Å². The van der Waals surface area contributed by atoms with Crippen LogP contribution in [-0.4, -0.2) is 18.3 Å². The third-order valence-corrected chi connectivity index (χ3v) is 3.99. The Morgan fingerprint density at radius 2 is 1.60 bits per heavy atom. The van der Waals surface area contributed by atoms with Gasteiger partial charge in [-0.1, -0.05) is 42.5 Å². The Morgan fingerprint density at radius 3 is 2.20 bits per heavy atom. The Bertz CT molecular complexity index is 805. The van der Waals surface area contributed by atoms with E-state index in [0.717, 1.165) is 0 Å². The van der Waals surface area contributed by atoms with Gasteiger partial charge in [0.15, 0.2) is 6.10 Å². The first-order valence-corrected chi connectivity index (χ1v) is 7.77. The number of ether oxygens (including phenoxy) is 1. The standard InChI is InChI=1S/C16H9F6IO2/c17-15(18,19)8-12(23)13(25-14(24)16(20,21)22)11-7-3-5-9-4-1-2-6-10(9)11/h1-8,13H/b12-8-. The minimum atomic E-state index is -5.32. The van der Waals surface area contributed by atoms with Gasteiger partial charge in [-0.05, 0) is 33.4 Å². The summed E-state index contributed by atoms with van der Waals surface area (Å²) < 4.78 is 79.2. The van der Waals surface area contributed by atoms with Gasteiger partial charge in [-0.3, -0.25) is 0 Å². The second-order valence-electron chi connectivity index (χ2n) is 4.92. The van der Waals surface area contributed by atoms with E-state index in [9.17, 15) is 31.1 Å². The molecule has 2 rings (SSSR count). The molecule has 0 radical (unpaired) electrons. The van der Waals surface area contributed by atoms with Gasteiger partial charge in [-0.15, -0.1) is 0 Å². The van der Waals surface area contributed by atoms with Crippen LogP contribution in [0.3, 0.4) is 0 Å². The van der Waals surface area contributed by atoms with Crippen LogP contribution in [0.25, 0.3) is 10.8 Å². The molecule has 0 saturated carbocycles. The third-order valence-electron chi connectivity index (χ3n) is 3.11. The summed E-state index contributed by atoms with van der Waals surface area (Å²) in [5.41, 5.74) is 0.0283. The van der Waals surface area contributed by atoms with Crippen molar-refractivity contribution >= 4 is 39.3 Å². The zero-order chi connectivity index (χ0) is 18.8. The smallest absolute Gasteiger partial charge is 0.445 e. The number of alkyl halides is 6. The molecule has 0 N–H and O–H groups in total. The highest BCUT2D eigenvalue weighted by Crippen LogP contribution is 2.38. The highest BCUT2D eigenvalue weighted by Gasteiger charge is 2.43. The molecular weight excluding hydrogens is 465 g/mol. The molecule has 0 amide bonds. The number of carbonyl (C=O) groups is 1. The molecule has 134 valence electrons. The van der Waals surface area contributed by atoms with E-state index in [4.69, 9.17) is 0 Å². The number of halogens is 7. The van der Waals surface area contributed by atoms with Gasteiger partial charge < -0.3 is 4.74 Å². The number of rotatable bonds is 3. The summed E-state index contributed by atoms with van der Waals surface area (Å²) in [4.78, 5) is 11.2. The van der Waals surface area contributed by atoms with Crippen LogP contribution in [0.1, 0.15) is 11.7 Å². The van der Waals surface area contributed by atoms with Gasteiger partial charge in [0, 0.05) is 15.2 Å². The molecule has 1 atom stereocenters. The van der Waals surface area contributed by atoms with Crippen molar-refractivity contribution in [3.05, 3.63) is 57.7 Å². The summed E-state index contributed by atoms with van der Waals surface area (Å²) in [5, 5.41) is 0.971. The molecule has 0 aliphatic heterocycles. The van der Waals surface area contributed by atoms with E-state index in [1.165, 1.54) is 40.8 Å². The maximum absolute atomic E-state index is 12.6. The second-order valence-corrected chi connectivity index (χ2v) is 6.17. The van der Waals surface area contributed by atoms with Crippen LogP contribution in [0.5, 0.6) is 0 Å². The average Bonchev–Trinajstić information content (AvgIpc) is 2.49. The minimum absolute atomic E-state index is 0.0283. The van der Waals surface area contributed by atoms with Crippen molar-refractivity contribution in [2.45, 2.75) is 18.5 Å². The summed E-state index contributed by atoms with van der Waals surface area (Å²) in [6.45, 7) is 0. The van der Waals surface area contributed by atoms with E-state index in [-0.39, 0.29) is 11.6 Å². The molecule has 0 aromatic heterocycles. The van der Waals surface area contributed by atoms with Crippen LogP contribution >= 0.6 is 22.6 Å². The van der Waals surface area contributed by atoms with Crippen LogP contribution in [0, 0.1) is 0 Å². The van der Waals surface area contributed by atoms with Gasteiger partial charge in [0.1, 0.15) is 0 Å². The number of esters is 1. The van der Waals surface area contributed by atoms with Gasteiger partial charge in [0.25, 0.3) is 0 Å². The molecule has 2 aromatic carbocycles. The number of benzene rings is 2. The second kappa shape index (κ2) is 7.22. The number of hydrogen-bond donors (Lipinski definition) is 0. The predicted octanol–water partition coefficient (Wildman–Crippen LogP) is 5.87. The third kappa shape index (κ3) is 5.10. The number of carbonyl (C=O) groups excluding carboxylic acids is 1. The van der Waals surface area contributed by atoms with Crippen molar-refractivity contribution in [1.29, 1.82) is 0 Å². The topological polar surface area (TPSA) is 26.3 Å². The van der Waals surface area contributed by atoms with E-state index in [0.29, 0.717) is 10.8 Å². The monoisotopic (exact) mass is 474 g/mol. The molecule has 0 bridgehead atoms. The van der Waals surface area contributed by atoms with Gasteiger partial charge in [0.2, 0.25) is 0 Å². The molecule has 25 heavy (non-hydrogen) atoms. The van der Waals surface area contributed by atoms with E-state index in [2.05, 4.69) is 4.74 Å². The lowest BCUT2D eigenvalue weighted by atomic mass is 10.00. The average molecular weight is 474 g/mol. The van der Waals surface area contributed by atoms with Gasteiger partial charge in [0.05, 0.1) is 0 Å². The van der Waals surface area contributed by atoms with Crippen LogP contribution in [0.4, 0.5) is 26.3 Å². The number of allylic oxidation sites excluding steroid dienone is 1. The maximum atomic E-state index is 12.6. The van der Waals surface area contributed by atoms with Crippen LogP contribution < -0.4 is 0 Å². The number of fused-ring (bicyclic) bond motifs is 1. The Labute approximate surface area is 151 Å². The molecule has 0 fully saturated rings. The zero-order valence-electron chi connectivity index (χ0n) is 12.2.